The van der Waals surface area contributed by atoms with Crippen LogP contribution in [0.25, 0.3) is 0 Å². The summed E-state index contributed by atoms with van der Waals surface area (Å²) in [5.41, 5.74) is 0.0933. The summed E-state index contributed by atoms with van der Waals surface area (Å²) in [6.45, 7) is 5.82. The Morgan fingerprint density at radius 2 is 2.37 bits per heavy atom. The van der Waals surface area contributed by atoms with Crippen LogP contribution in [0.4, 0.5) is 17.3 Å². The first kappa shape index (κ1) is 13.6. The number of nitrogens with zero attached hydrogens (tertiary/aromatic N) is 3. The molecule has 0 aliphatic carbocycles. The van der Waals surface area contributed by atoms with Gasteiger partial charge in [-0.1, -0.05) is 6.92 Å². The first-order valence-electron chi connectivity index (χ1n) is 6.79. The average Bonchev–Trinajstić information content (AvgIpc) is 2.82. The van der Waals surface area contributed by atoms with Crippen molar-refractivity contribution in [1.82, 2.24) is 4.98 Å². The summed E-state index contributed by atoms with van der Waals surface area (Å²) < 4.78 is 0. The molecule has 1 atom stereocenters. The third kappa shape index (κ3) is 2.94. The van der Waals surface area contributed by atoms with Gasteiger partial charge < -0.3 is 10.2 Å². The minimum absolute atomic E-state index is 0.0933. The molecular weight excluding hydrogens is 244 g/mol. The topological polar surface area (TPSA) is 71.3 Å². The number of hydrogen-bond acceptors (Lipinski definition) is 5. The van der Waals surface area contributed by atoms with Crippen LogP contribution in [-0.4, -0.2) is 29.0 Å². The highest BCUT2D eigenvalue weighted by atomic mass is 16.6. The number of pyridine rings is 1. The summed E-state index contributed by atoms with van der Waals surface area (Å²) in [5.74, 6) is 1.21. The maximum atomic E-state index is 11.1. The molecule has 1 aliphatic rings. The molecule has 0 spiro atoms. The SMILES string of the molecule is CCCNc1ccc([N+](=O)[O-])c(N2CCCC2C)n1. The van der Waals surface area contributed by atoms with Crippen LogP contribution in [0.1, 0.15) is 33.1 Å². The molecule has 0 aromatic carbocycles. The zero-order valence-electron chi connectivity index (χ0n) is 11.4. The standard InChI is InChI=1S/C13H20N4O2/c1-3-8-14-12-7-6-11(17(18)19)13(15-12)16-9-4-5-10(16)2/h6-7,10H,3-5,8-9H2,1-2H3,(H,14,15). The fourth-order valence-corrected chi connectivity index (χ4v) is 2.39. The van der Waals surface area contributed by atoms with Crippen molar-refractivity contribution in [3.8, 4) is 0 Å². The minimum Gasteiger partial charge on any atom is -0.370 e. The number of anilines is 2. The van der Waals surface area contributed by atoms with Crippen LogP contribution in [-0.2, 0) is 0 Å². The lowest BCUT2D eigenvalue weighted by Gasteiger charge is -2.22. The van der Waals surface area contributed by atoms with E-state index in [0.717, 1.165) is 32.4 Å². The van der Waals surface area contributed by atoms with Crippen LogP contribution in [0.5, 0.6) is 0 Å². The molecule has 0 amide bonds. The van der Waals surface area contributed by atoms with Crippen molar-refractivity contribution in [3.63, 3.8) is 0 Å². The normalized spacial score (nSPS) is 18.6. The fraction of sp³-hybridized carbons (Fsp3) is 0.615. The monoisotopic (exact) mass is 264 g/mol. The summed E-state index contributed by atoms with van der Waals surface area (Å²) in [6.07, 6.45) is 3.12. The second kappa shape index (κ2) is 5.86. The van der Waals surface area contributed by atoms with Crippen molar-refractivity contribution in [2.75, 3.05) is 23.3 Å². The lowest BCUT2D eigenvalue weighted by atomic mass is 10.2. The molecule has 1 saturated heterocycles. The van der Waals surface area contributed by atoms with Crippen molar-refractivity contribution in [3.05, 3.63) is 22.2 Å². The van der Waals surface area contributed by atoms with Gasteiger partial charge in [0.25, 0.3) is 0 Å². The Morgan fingerprint density at radius 1 is 1.58 bits per heavy atom. The second-order valence-corrected chi connectivity index (χ2v) is 4.91. The molecule has 0 bridgehead atoms. The molecule has 1 fully saturated rings. The molecule has 1 unspecified atom stereocenters. The number of aromatic nitrogens is 1. The molecule has 0 radical (unpaired) electrons. The molecule has 6 nitrogen and oxygen atoms in total. The van der Waals surface area contributed by atoms with Gasteiger partial charge in [0.1, 0.15) is 5.82 Å². The lowest BCUT2D eigenvalue weighted by Crippen LogP contribution is -2.28. The predicted molar refractivity (Wildman–Crippen MR) is 75.7 cm³/mol. The zero-order chi connectivity index (χ0) is 13.8. The van der Waals surface area contributed by atoms with Gasteiger partial charge in [-0.15, -0.1) is 0 Å². The van der Waals surface area contributed by atoms with E-state index in [1.54, 1.807) is 12.1 Å². The molecule has 104 valence electrons. The quantitative estimate of drug-likeness (QED) is 0.654. The Bertz CT molecular complexity index is 464. The van der Waals surface area contributed by atoms with Gasteiger partial charge in [-0.2, -0.15) is 0 Å². The van der Waals surface area contributed by atoms with Crippen LogP contribution < -0.4 is 10.2 Å². The second-order valence-electron chi connectivity index (χ2n) is 4.91. The highest BCUT2D eigenvalue weighted by Crippen LogP contribution is 2.32. The van der Waals surface area contributed by atoms with E-state index in [-0.39, 0.29) is 10.6 Å². The van der Waals surface area contributed by atoms with E-state index >= 15 is 0 Å². The van der Waals surface area contributed by atoms with E-state index in [1.807, 2.05) is 4.90 Å². The fourth-order valence-electron chi connectivity index (χ4n) is 2.39. The largest absolute Gasteiger partial charge is 0.370 e. The highest BCUT2D eigenvalue weighted by Gasteiger charge is 2.28. The number of nitro groups is 1. The Morgan fingerprint density at radius 3 is 2.95 bits per heavy atom. The number of nitrogens with one attached hydrogen (secondary N) is 1. The summed E-state index contributed by atoms with van der Waals surface area (Å²) in [4.78, 5) is 17.3. The van der Waals surface area contributed by atoms with Crippen molar-refractivity contribution >= 4 is 17.3 Å². The molecule has 19 heavy (non-hydrogen) atoms. The van der Waals surface area contributed by atoms with Gasteiger partial charge in [-0.3, -0.25) is 10.1 Å². The lowest BCUT2D eigenvalue weighted by molar-refractivity contribution is -0.384. The third-order valence-corrected chi connectivity index (χ3v) is 3.43. The molecule has 6 heteroatoms. The summed E-state index contributed by atoms with van der Waals surface area (Å²) in [7, 11) is 0. The number of rotatable bonds is 5. The molecule has 0 saturated carbocycles. The van der Waals surface area contributed by atoms with Gasteiger partial charge in [-0.05, 0) is 32.3 Å². The van der Waals surface area contributed by atoms with E-state index in [1.165, 1.54) is 0 Å². The summed E-state index contributed by atoms with van der Waals surface area (Å²) in [6, 6.07) is 3.54. The molecule has 1 N–H and O–H groups in total. The first-order chi connectivity index (χ1) is 9.13. The van der Waals surface area contributed by atoms with Crippen LogP contribution in [0, 0.1) is 10.1 Å². The van der Waals surface area contributed by atoms with Gasteiger partial charge in [0.2, 0.25) is 5.82 Å². The molecule has 2 rings (SSSR count). The Balaban J connectivity index is 2.33. The zero-order valence-corrected chi connectivity index (χ0v) is 11.4. The van der Waals surface area contributed by atoms with Crippen LogP contribution in [0.2, 0.25) is 0 Å². The first-order valence-corrected chi connectivity index (χ1v) is 6.79. The third-order valence-electron chi connectivity index (χ3n) is 3.43. The molecule has 2 heterocycles. The van der Waals surface area contributed by atoms with Crippen LogP contribution in [0.15, 0.2) is 12.1 Å². The average molecular weight is 264 g/mol. The molecule has 1 aromatic rings. The van der Waals surface area contributed by atoms with Gasteiger partial charge in [0.05, 0.1) is 4.92 Å². The van der Waals surface area contributed by atoms with E-state index in [9.17, 15) is 10.1 Å². The number of hydrogen-bond donors (Lipinski definition) is 1. The van der Waals surface area contributed by atoms with Crippen molar-refractivity contribution in [1.29, 1.82) is 0 Å². The van der Waals surface area contributed by atoms with Crippen LogP contribution >= 0.6 is 0 Å². The van der Waals surface area contributed by atoms with E-state index in [0.29, 0.717) is 17.7 Å². The molecule has 1 aliphatic heterocycles. The Kier molecular flexibility index (Phi) is 4.19. The predicted octanol–water partition coefficient (Wildman–Crippen LogP) is 2.80. The van der Waals surface area contributed by atoms with Gasteiger partial charge in [-0.25, -0.2) is 4.98 Å². The Labute approximate surface area is 113 Å². The highest BCUT2D eigenvalue weighted by molar-refractivity contribution is 5.62. The van der Waals surface area contributed by atoms with E-state index in [2.05, 4.69) is 24.1 Å². The van der Waals surface area contributed by atoms with E-state index in [4.69, 9.17) is 0 Å². The maximum absolute atomic E-state index is 11.1. The van der Waals surface area contributed by atoms with Crippen molar-refractivity contribution < 1.29 is 4.92 Å². The maximum Gasteiger partial charge on any atom is 0.311 e. The summed E-state index contributed by atoms with van der Waals surface area (Å²) >= 11 is 0. The smallest absolute Gasteiger partial charge is 0.311 e. The minimum atomic E-state index is -0.350. The van der Waals surface area contributed by atoms with Crippen molar-refractivity contribution in [2.45, 2.75) is 39.2 Å². The molecule has 1 aromatic heterocycles. The van der Waals surface area contributed by atoms with Gasteiger partial charge in [0, 0.05) is 25.2 Å². The van der Waals surface area contributed by atoms with Crippen LogP contribution in [0.3, 0.4) is 0 Å². The molecular formula is C13H20N4O2. The van der Waals surface area contributed by atoms with Gasteiger partial charge >= 0.3 is 5.69 Å². The summed E-state index contributed by atoms with van der Waals surface area (Å²) in [5, 5.41) is 14.3. The Hall–Kier alpha value is -1.85. The van der Waals surface area contributed by atoms with Gasteiger partial charge in [0.15, 0.2) is 0 Å². The van der Waals surface area contributed by atoms with E-state index < -0.39 is 0 Å². The van der Waals surface area contributed by atoms with Crippen molar-refractivity contribution in [2.24, 2.45) is 0 Å².